The van der Waals surface area contributed by atoms with Crippen molar-refractivity contribution >= 4 is 11.5 Å². The van der Waals surface area contributed by atoms with Crippen LogP contribution < -0.4 is 4.90 Å². The molecule has 0 N–H and O–H groups in total. The van der Waals surface area contributed by atoms with Gasteiger partial charge in [0.2, 0.25) is 0 Å². The van der Waals surface area contributed by atoms with Gasteiger partial charge in [-0.05, 0) is 22.6 Å². The Hall–Kier alpha value is -1.86. The fraction of sp³-hybridized carbons (Fsp3) is 0.600. The summed E-state index contributed by atoms with van der Waals surface area (Å²) in [6.45, 7) is 2.13. The van der Waals surface area contributed by atoms with Crippen LogP contribution in [0, 0.1) is 5.92 Å². The number of halogens is 2. The van der Waals surface area contributed by atoms with Crippen LogP contribution in [0.4, 0.5) is 14.6 Å². The Morgan fingerprint density at radius 3 is 3.00 bits per heavy atom. The third-order valence-corrected chi connectivity index (χ3v) is 3.31. The molecule has 2 aromatic rings. The third kappa shape index (κ3) is 1.77. The predicted molar refractivity (Wildman–Crippen MR) is 59.5 cm³/mol. The van der Waals surface area contributed by atoms with Crippen LogP contribution >= 0.6 is 0 Å². The van der Waals surface area contributed by atoms with E-state index in [9.17, 15) is 8.78 Å². The van der Waals surface area contributed by atoms with E-state index in [4.69, 9.17) is 0 Å². The van der Waals surface area contributed by atoms with Crippen LogP contribution in [0.3, 0.4) is 0 Å². The van der Waals surface area contributed by atoms with E-state index in [-0.39, 0.29) is 19.5 Å². The molecule has 6 nitrogen and oxygen atoms in total. The van der Waals surface area contributed by atoms with E-state index in [1.54, 1.807) is 19.1 Å². The number of hydrogen-bond acceptors (Lipinski definition) is 5. The third-order valence-electron chi connectivity index (χ3n) is 3.31. The van der Waals surface area contributed by atoms with Crippen LogP contribution in [0.25, 0.3) is 5.65 Å². The molecule has 0 saturated carbocycles. The largest absolute Gasteiger partial charge is 0.354 e. The van der Waals surface area contributed by atoms with Crippen molar-refractivity contribution in [3.05, 3.63) is 12.1 Å². The van der Waals surface area contributed by atoms with E-state index in [2.05, 4.69) is 20.6 Å². The molecule has 3 rings (SSSR count). The molecule has 1 unspecified atom stereocenters. The Morgan fingerprint density at radius 1 is 1.39 bits per heavy atom. The summed E-state index contributed by atoms with van der Waals surface area (Å²) in [5.74, 6) is -2.65. The zero-order valence-corrected chi connectivity index (χ0v) is 9.79. The number of hydrogen-bond donors (Lipinski definition) is 0. The molecule has 96 valence electrons. The average Bonchev–Trinajstić information content (AvgIpc) is 2.79. The van der Waals surface area contributed by atoms with Crippen LogP contribution in [0.2, 0.25) is 0 Å². The molecule has 18 heavy (non-hydrogen) atoms. The Balaban J connectivity index is 1.87. The molecule has 1 aliphatic heterocycles. The van der Waals surface area contributed by atoms with E-state index >= 15 is 0 Å². The molecule has 0 aromatic carbocycles. The first kappa shape index (κ1) is 11.2. The van der Waals surface area contributed by atoms with Gasteiger partial charge in [0.15, 0.2) is 11.5 Å². The topological polar surface area (TPSA) is 59.2 Å². The molecule has 0 bridgehead atoms. The summed E-state index contributed by atoms with van der Waals surface area (Å²) in [5, 5.41) is 15.1. The van der Waals surface area contributed by atoms with Gasteiger partial charge in [0.1, 0.15) is 0 Å². The lowest BCUT2D eigenvalue weighted by Gasteiger charge is -2.37. The summed E-state index contributed by atoms with van der Waals surface area (Å²) < 4.78 is 28.1. The summed E-state index contributed by atoms with van der Waals surface area (Å²) in [6, 6.07) is 3.47. The normalized spacial score (nSPS) is 23.5. The molecule has 0 aliphatic carbocycles. The lowest BCUT2D eigenvalue weighted by molar-refractivity contribution is -0.0652. The van der Waals surface area contributed by atoms with E-state index in [0.29, 0.717) is 11.5 Å². The van der Waals surface area contributed by atoms with Crippen LogP contribution in [0.1, 0.15) is 13.3 Å². The monoisotopic (exact) mass is 254 g/mol. The predicted octanol–water partition coefficient (Wildman–Crippen LogP) is 1.00. The van der Waals surface area contributed by atoms with Crippen LogP contribution in [-0.2, 0) is 0 Å². The second-order valence-corrected chi connectivity index (χ2v) is 4.58. The molecule has 2 aromatic heterocycles. The molecule has 0 amide bonds. The van der Waals surface area contributed by atoms with Crippen LogP contribution in [-0.4, -0.2) is 44.3 Å². The van der Waals surface area contributed by atoms with Crippen molar-refractivity contribution in [3.63, 3.8) is 0 Å². The van der Waals surface area contributed by atoms with Gasteiger partial charge in [0.05, 0.1) is 0 Å². The number of fused-ring (bicyclic) bond motifs is 1. The number of anilines is 1. The first-order chi connectivity index (χ1) is 8.56. The molecule has 1 aliphatic rings. The van der Waals surface area contributed by atoms with Gasteiger partial charge in [-0.3, -0.25) is 0 Å². The summed E-state index contributed by atoms with van der Waals surface area (Å²) in [7, 11) is 0. The maximum absolute atomic E-state index is 13.4. The molecular weight excluding hydrogens is 242 g/mol. The number of nitrogens with zero attached hydrogens (tertiary/aromatic N) is 6. The van der Waals surface area contributed by atoms with Gasteiger partial charge in [0, 0.05) is 25.4 Å². The molecule has 3 heterocycles. The highest BCUT2D eigenvalue weighted by Gasteiger charge is 2.41. The fourth-order valence-corrected chi connectivity index (χ4v) is 2.10. The summed E-state index contributed by atoms with van der Waals surface area (Å²) >= 11 is 0. The summed E-state index contributed by atoms with van der Waals surface area (Å²) in [6.07, 6.45) is -0.149. The Bertz CT molecular complexity index is 568. The SMILES string of the molecule is CC1CN(c2ccc3nnnn3n2)CCC1(F)F. The first-order valence-corrected chi connectivity index (χ1v) is 5.74. The number of rotatable bonds is 1. The van der Waals surface area contributed by atoms with Crippen molar-refractivity contribution in [2.45, 2.75) is 19.3 Å². The summed E-state index contributed by atoms with van der Waals surface area (Å²) in [5.41, 5.74) is 0.536. The molecule has 1 fully saturated rings. The van der Waals surface area contributed by atoms with E-state index < -0.39 is 11.8 Å². The maximum Gasteiger partial charge on any atom is 0.254 e. The Morgan fingerprint density at radius 2 is 2.22 bits per heavy atom. The van der Waals surface area contributed by atoms with Crippen molar-refractivity contribution in [2.24, 2.45) is 5.92 Å². The van der Waals surface area contributed by atoms with Crippen LogP contribution in [0.5, 0.6) is 0 Å². The standard InChI is InChI=1S/C10H12F2N6/c1-7-6-17(5-4-10(7,11)12)9-3-2-8-13-15-16-18(8)14-9/h2-3,7H,4-6H2,1H3. The highest BCUT2D eigenvalue weighted by atomic mass is 19.3. The second-order valence-electron chi connectivity index (χ2n) is 4.58. The highest BCUT2D eigenvalue weighted by molar-refractivity contribution is 5.44. The minimum absolute atomic E-state index is 0.149. The minimum Gasteiger partial charge on any atom is -0.354 e. The molecule has 0 radical (unpaired) electrons. The van der Waals surface area contributed by atoms with Crippen molar-refractivity contribution in [1.29, 1.82) is 0 Å². The maximum atomic E-state index is 13.4. The molecule has 0 spiro atoms. The van der Waals surface area contributed by atoms with Gasteiger partial charge < -0.3 is 4.90 Å². The Labute approximate surface area is 102 Å². The van der Waals surface area contributed by atoms with Gasteiger partial charge in [-0.15, -0.1) is 14.8 Å². The number of piperidine rings is 1. The summed E-state index contributed by atoms with van der Waals surface area (Å²) in [4.78, 5) is 1.84. The van der Waals surface area contributed by atoms with Crippen molar-refractivity contribution in [2.75, 3.05) is 18.0 Å². The van der Waals surface area contributed by atoms with Crippen molar-refractivity contribution < 1.29 is 8.78 Å². The van der Waals surface area contributed by atoms with Gasteiger partial charge in [-0.1, -0.05) is 6.92 Å². The van der Waals surface area contributed by atoms with Gasteiger partial charge >= 0.3 is 0 Å². The van der Waals surface area contributed by atoms with Gasteiger partial charge in [0.25, 0.3) is 5.92 Å². The van der Waals surface area contributed by atoms with Gasteiger partial charge in [-0.2, -0.15) is 0 Å². The minimum atomic E-state index is -2.59. The van der Waals surface area contributed by atoms with Gasteiger partial charge in [-0.25, -0.2) is 8.78 Å². The zero-order valence-electron chi connectivity index (χ0n) is 9.79. The lowest BCUT2D eigenvalue weighted by Crippen LogP contribution is -2.46. The van der Waals surface area contributed by atoms with Crippen molar-refractivity contribution in [1.82, 2.24) is 25.3 Å². The number of aromatic nitrogens is 5. The Kier molecular flexibility index (Phi) is 2.39. The molecular formula is C10H12F2N6. The molecule has 8 heteroatoms. The van der Waals surface area contributed by atoms with E-state index in [1.807, 2.05) is 4.90 Å². The highest BCUT2D eigenvalue weighted by Crippen LogP contribution is 2.34. The zero-order chi connectivity index (χ0) is 12.8. The lowest BCUT2D eigenvalue weighted by atomic mass is 9.95. The average molecular weight is 254 g/mol. The smallest absolute Gasteiger partial charge is 0.254 e. The first-order valence-electron chi connectivity index (χ1n) is 5.74. The quantitative estimate of drug-likeness (QED) is 0.759. The number of tetrazole rings is 1. The van der Waals surface area contributed by atoms with E-state index in [0.717, 1.165) is 0 Å². The van der Waals surface area contributed by atoms with E-state index in [1.165, 1.54) is 4.63 Å². The fourth-order valence-electron chi connectivity index (χ4n) is 2.10. The molecule has 1 saturated heterocycles. The second kappa shape index (κ2) is 3.82. The van der Waals surface area contributed by atoms with Crippen LogP contribution in [0.15, 0.2) is 12.1 Å². The van der Waals surface area contributed by atoms with Crippen molar-refractivity contribution in [3.8, 4) is 0 Å². The number of alkyl halides is 2. The molecule has 1 atom stereocenters.